The van der Waals surface area contributed by atoms with E-state index in [1.54, 1.807) is 0 Å². The second kappa shape index (κ2) is 13.2. The van der Waals surface area contributed by atoms with Crippen molar-refractivity contribution in [2.24, 2.45) is 4.99 Å². The summed E-state index contributed by atoms with van der Waals surface area (Å²) in [5, 5.41) is 3.54. The van der Waals surface area contributed by atoms with Gasteiger partial charge in [-0.3, -0.25) is 9.89 Å². The molecule has 0 bridgehead atoms. The number of piperazine rings is 1. The Bertz CT molecular complexity index is 845. The molecule has 2 saturated heterocycles. The van der Waals surface area contributed by atoms with Crippen LogP contribution in [0.2, 0.25) is 0 Å². The van der Waals surface area contributed by atoms with Gasteiger partial charge in [-0.1, -0.05) is 42.5 Å². The number of likely N-dealkylation sites (N-methyl/N-ethyl adjacent to an activating group) is 1. The highest BCUT2D eigenvalue weighted by atomic mass is 127. The molecule has 0 radical (unpaired) electrons. The highest BCUT2D eigenvalue weighted by Crippen LogP contribution is 2.19. The van der Waals surface area contributed by atoms with E-state index in [0.29, 0.717) is 0 Å². The van der Waals surface area contributed by atoms with Crippen molar-refractivity contribution in [3.8, 4) is 5.75 Å². The lowest BCUT2D eigenvalue weighted by Crippen LogP contribution is -2.47. The third kappa shape index (κ3) is 7.86. The maximum absolute atomic E-state index is 6.12. The fraction of sp³-hybridized carbons (Fsp3) is 0.500. The van der Waals surface area contributed by atoms with Crippen molar-refractivity contribution in [1.29, 1.82) is 0 Å². The number of likely N-dealkylation sites (tertiary alicyclic amines) is 1. The van der Waals surface area contributed by atoms with Gasteiger partial charge in [0.25, 0.3) is 0 Å². The number of piperidine rings is 1. The van der Waals surface area contributed by atoms with Crippen molar-refractivity contribution < 1.29 is 4.74 Å². The highest BCUT2D eigenvalue weighted by Gasteiger charge is 2.22. The van der Waals surface area contributed by atoms with Gasteiger partial charge in [0.15, 0.2) is 5.96 Å². The first-order valence-corrected chi connectivity index (χ1v) is 11.9. The minimum Gasteiger partial charge on any atom is -0.490 e. The fourth-order valence-corrected chi connectivity index (χ4v) is 4.42. The zero-order chi connectivity index (χ0) is 22.2. The molecule has 0 spiro atoms. The summed E-state index contributed by atoms with van der Waals surface area (Å²) in [7, 11) is 4.07. The number of rotatable bonds is 6. The summed E-state index contributed by atoms with van der Waals surface area (Å²) >= 11 is 0. The first kappa shape index (κ1) is 25.8. The van der Waals surface area contributed by atoms with Crippen LogP contribution in [0.25, 0.3) is 0 Å². The normalized spacial score (nSPS) is 18.6. The maximum Gasteiger partial charge on any atom is 0.193 e. The van der Waals surface area contributed by atoms with Gasteiger partial charge < -0.3 is 19.9 Å². The smallest absolute Gasteiger partial charge is 0.193 e. The SMILES string of the molecule is CN=C(NCc1ccc(CN2CCN(C)CC2)cc1)N1CCC(Oc2ccccc2)CC1.I. The van der Waals surface area contributed by atoms with E-state index in [0.717, 1.165) is 76.9 Å². The van der Waals surface area contributed by atoms with E-state index < -0.39 is 0 Å². The first-order valence-electron chi connectivity index (χ1n) is 11.9. The van der Waals surface area contributed by atoms with Crippen molar-refractivity contribution in [3.63, 3.8) is 0 Å². The molecule has 2 aliphatic rings. The molecule has 1 N–H and O–H groups in total. The van der Waals surface area contributed by atoms with Gasteiger partial charge >= 0.3 is 0 Å². The quantitative estimate of drug-likeness (QED) is 0.330. The van der Waals surface area contributed by atoms with Crippen LogP contribution in [0.5, 0.6) is 5.75 Å². The van der Waals surface area contributed by atoms with Crippen molar-refractivity contribution in [3.05, 3.63) is 65.7 Å². The molecule has 0 saturated carbocycles. The summed E-state index contributed by atoms with van der Waals surface area (Å²) in [5.41, 5.74) is 2.68. The number of nitrogens with one attached hydrogen (secondary N) is 1. The third-order valence-corrected chi connectivity index (χ3v) is 6.47. The number of hydrogen-bond acceptors (Lipinski definition) is 4. The van der Waals surface area contributed by atoms with Crippen LogP contribution >= 0.6 is 24.0 Å². The molecular formula is C26H38IN5O. The lowest BCUT2D eigenvalue weighted by atomic mass is 10.1. The zero-order valence-corrected chi connectivity index (χ0v) is 22.3. The molecule has 2 aromatic carbocycles. The molecule has 4 rings (SSSR count). The van der Waals surface area contributed by atoms with Gasteiger partial charge in [-0.05, 0) is 30.3 Å². The van der Waals surface area contributed by atoms with Gasteiger partial charge in [0, 0.05) is 72.2 Å². The molecule has 2 heterocycles. The van der Waals surface area contributed by atoms with Crippen LogP contribution in [0, 0.1) is 0 Å². The summed E-state index contributed by atoms with van der Waals surface area (Å²) in [4.78, 5) is 11.8. The molecule has 7 heteroatoms. The lowest BCUT2D eigenvalue weighted by molar-refractivity contribution is 0.129. The monoisotopic (exact) mass is 563 g/mol. The topological polar surface area (TPSA) is 43.3 Å². The van der Waals surface area contributed by atoms with E-state index in [9.17, 15) is 0 Å². The zero-order valence-electron chi connectivity index (χ0n) is 19.9. The van der Waals surface area contributed by atoms with Gasteiger partial charge in [-0.2, -0.15) is 0 Å². The molecule has 0 unspecified atom stereocenters. The number of ether oxygens (including phenoxy) is 1. The summed E-state index contributed by atoms with van der Waals surface area (Å²) in [5.74, 6) is 1.94. The van der Waals surface area contributed by atoms with Gasteiger partial charge in [0.05, 0.1) is 0 Å². The minimum absolute atomic E-state index is 0. The lowest BCUT2D eigenvalue weighted by Gasteiger charge is -2.34. The predicted octanol–water partition coefficient (Wildman–Crippen LogP) is 3.67. The van der Waals surface area contributed by atoms with Crippen LogP contribution in [0.4, 0.5) is 0 Å². The Balaban J connectivity index is 0.00000306. The molecule has 180 valence electrons. The van der Waals surface area contributed by atoms with Crippen molar-refractivity contribution in [1.82, 2.24) is 20.0 Å². The van der Waals surface area contributed by atoms with Crippen LogP contribution in [-0.2, 0) is 13.1 Å². The van der Waals surface area contributed by atoms with Crippen LogP contribution in [0.1, 0.15) is 24.0 Å². The summed E-state index contributed by atoms with van der Waals surface area (Å²) < 4.78 is 6.12. The number of benzene rings is 2. The van der Waals surface area contributed by atoms with E-state index in [-0.39, 0.29) is 30.1 Å². The number of aliphatic imine (C=N–C) groups is 1. The van der Waals surface area contributed by atoms with E-state index in [4.69, 9.17) is 4.74 Å². The van der Waals surface area contributed by atoms with Gasteiger partial charge in [0.2, 0.25) is 0 Å². The number of halogens is 1. The van der Waals surface area contributed by atoms with Crippen LogP contribution < -0.4 is 10.1 Å². The molecule has 6 nitrogen and oxygen atoms in total. The van der Waals surface area contributed by atoms with Crippen molar-refractivity contribution >= 4 is 29.9 Å². The second-order valence-electron chi connectivity index (χ2n) is 8.91. The van der Waals surface area contributed by atoms with Crippen LogP contribution in [-0.4, -0.2) is 80.1 Å². The Hall–Kier alpha value is -1.84. The van der Waals surface area contributed by atoms with Crippen LogP contribution in [0.15, 0.2) is 59.6 Å². The molecule has 0 amide bonds. The summed E-state index contributed by atoms with van der Waals surface area (Å²) in [6.45, 7) is 8.40. The third-order valence-electron chi connectivity index (χ3n) is 6.47. The predicted molar refractivity (Wildman–Crippen MR) is 146 cm³/mol. The Kier molecular flexibility index (Phi) is 10.3. The van der Waals surface area contributed by atoms with Crippen molar-refractivity contribution in [2.75, 3.05) is 53.4 Å². The van der Waals surface area contributed by atoms with Crippen LogP contribution in [0.3, 0.4) is 0 Å². The minimum atomic E-state index is 0. The first-order chi connectivity index (χ1) is 15.7. The molecular weight excluding hydrogens is 525 g/mol. The fourth-order valence-electron chi connectivity index (χ4n) is 4.42. The molecule has 2 aliphatic heterocycles. The van der Waals surface area contributed by atoms with E-state index in [2.05, 4.69) is 56.3 Å². The van der Waals surface area contributed by atoms with Gasteiger partial charge in [-0.15, -0.1) is 24.0 Å². The molecule has 2 fully saturated rings. The van der Waals surface area contributed by atoms with Crippen molar-refractivity contribution in [2.45, 2.75) is 32.0 Å². The maximum atomic E-state index is 6.12. The Morgan fingerprint density at radius 3 is 2.18 bits per heavy atom. The summed E-state index contributed by atoms with van der Waals surface area (Å²) in [6.07, 6.45) is 2.30. The highest BCUT2D eigenvalue weighted by molar-refractivity contribution is 14.0. The largest absolute Gasteiger partial charge is 0.490 e. The Labute approximate surface area is 216 Å². The Morgan fingerprint density at radius 1 is 0.909 bits per heavy atom. The standard InChI is InChI=1S/C26H37N5O.HI/c1-27-26(31-14-12-25(13-15-31)32-24-6-4-3-5-7-24)28-20-22-8-10-23(11-9-22)21-30-18-16-29(2)17-19-30;/h3-11,25H,12-21H2,1-2H3,(H,27,28);1H. The number of para-hydroxylation sites is 1. The summed E-state index contributed by atoms with van der Waals surface area (Å²) in [6, 6.07) is 19.1. The second-order valence-corrected chi connectivity index (χ2v) is 8.91. The molecule has 33 heavy (non-hydrogen) atoms. The molecule has 0 aromatic heterocycles. The molecule has 0 atom stereocenters. The number of hydrogen-bond donors (Lipinski definition) is 1. The van der Waals surface area contributed by atoms with Gasteiger partial charge in [0.1, 0.15) is 11.9 Å². The van der Waals surface area contributed by atoms with E-state index >= 15 is 0 Å². The molecule has 0 aliphatic carbocycles. The number of guanidine groups is 1. The van der Waals surface area contributed by atoms with Gasteiger partial charge in [-0.25, -0.2) is 0 Å². The van der Waals surface area contributed by atoms with E-state index in [1.165, 1.54) is 11.1 Å². The number of nitrogens with zero attached hydrogens (tertiary/aromatic N) is 4. The molecule has 2 aromatic rings. The average Bonchev–Trinajstić information content (AvgIpc) is 2.84. The Morgan fingerprint density at radius 2 is 1.55 bits per heavy atom. The average molecular weight is 564 g/mol. The van der Waals surface area contributed by atoms with E-state index in [1.807, 2.05) is 37.4 Å².